The van der Waals surface area contributed by atoms with Gasteiger partial charge in [0.25, 0.3) is 0 Å². The molecular weight excluding hydrogens is 264 g/mol. The van der Waals surface area contributed by atoms with Crippen molar-refractivity contribution in [3.63, 3.8) is 0 Å². The zero-order valence-corrected chi connectivity index (χ0v) is 13.0. The first-order valence-corrected chi connectivity index (χ1v) is 7.69. The molecule has 1 fully saturated rings. The lowest BCUT2D eigenvalue weighted by Crippen LogP contribution is -2.65. The molecule has 0 bridgehead atoms. The van der Waals surface area contributed by atoms with Gasteiger partial charge in [0.2, 0.25) is 11.8 Å². The molecule has 114 valence electrons. The van der Waals surface area contributed by atoms with Crippen LogP contribution in [0.25, 0.3) is 0 Å². The van der Waals surface area contributed by atoms with Gasteiger partial charge in [0.1, 0.15) is 12.1 Å². The van der Waals surface area contributed by atoms with E-state index in [1.165, 1.54) is 0 Å². The second kappa shape index (κ2) is 6.74. The van der Waals surface area contributed by atoms with E-state index in [0.29, 0.717) is 13.0 Å². The molecule has 0 radical (unpaired) electrons. The van der Waals surface area contributed by atoms with Crippen LogP contribution in [0.3, 0.4) is 0 Å². The molecule has 1 saturated heterocycles. The predicted molar refractivity (Wildman–Crippen MR) is 82.7 cm³/mol. The summed E-state index contributed by atoms with van der Waals surface area (Å²) in [7, 11) is 0. The lowest BCUT2D eigenvalue weighted by Gasteiger charge is -2.40. The van der Waals surface area contributed by atoms with Crippen molar-refractivity contribution >= 4 is 11.8 Å². The largest absolute Gasteiger partial charge is 0.342 e. The molecule has 4 heteroatoms. The molecule has 0 spiro atoms. The summed E-state index contributed by atoms with van der Waals surface area (Å²) < 4.78 is 0. The molecule has 2 unspecified atom stereocenters. The number of benzene rings is 1. The van der Waals surface area contributed by atoms with Gasteiger partial charge in [0.15, 0.2) is 0 Å². The van der Waals surface area contributed by atoms with Gasteiger partial charge in [-0.2, -0.15) is 0 Å². The molecule has 1 aliphatic rings. The van der Waals surface area contributed by atoms with Crippen LogP contribution in [0.5, 0.6) is 0 Å². The van der Waals surface area contributed by atoms with Crippen LogP contribution in [-0.4, -0.2) is 35.3 Å². The summed E-state index contributed by atoms with van der Waals surface area (Å²) >= 11 is 0. The van der Waals surface area contributed by atoms with Crippen LogP contribution in [0.1, 0.15) is 32.8 Å². The molecule has 1 N–H and O–H groups in total. The average Bonchev–Trinajstić information content (AvgIpc) is 2.47. The summed E-state index contributed by atoms with van der Waals surface area (Å²) in [5, 5.41) is 2.89. The van der Waals surface area contributed by atoms with Gasteiger partial charge in [-0.25, -0.2) is 0 Å². The minimum atomic E-state index is -0.394. The molecule has 0 saturated carbocycles. The predicted octanol–water partition coefficient (Wildman–Crippen LogP) is 1.99. The quantitative estimate of drug-likeness (QED) is 0.901. The Hall–Kier alpha value is -1.84. The Bertz CT molecular complexity index is 499. The molecule has 2 atom stereocenters. The Labute approximate surface area is 126 Å². The third-order valence-corrected chi connectivity index (χ3v) is 3.93. The average molecular weight is 288 g/mol. The fourth-order valence-electron chi connectivity index (χ4n) is 2.78. The molecule has 21 heavy (non-hydrogen) atoms. The zero-order valence-electron chi connectivity index (χ0n) is 13.0. The fourth-order valence-corrected chi connectivity index (χ4v) is 2.78. The van der Waals surface area contributed by atoms with Gasteiger partial charge in [-0.3, -0.25) is 9.59 Å². The maximum Gasteiger partial charge on any atom is 0.246 e. The molecule has 1 aromatic carbocycles. The van der Waals surface area contributed by atoms with E-state index in [2.05, 4.69) is 5.32 Å². The fraction of sp³-hybridized carbons (Fsp3) is 0.529. The van der Waals surface area contributed by atoms with Crippen molar-refractivity contribution in [1.82, 2.24) is 10.2 Å². The number of nitrogens with zero attached hydrogens (tertiary/aromatic N) is 1. The molecule has 2 amide bonds. The first-order chi connectivity index (χ1) is 10.0. The summed E-state index contributed by atoms with van der Waals surface area (Å²) in [6.45, 7) is 6.59. The first kappa shape index (κ1) is 15.5. The number of carbonyl (C=O) groups is 2. The molecule has 0 aromatic heterocycles. The summed E-state index contributed by atoms with van der Waals surface area (Å²) in [4.78, 5) is 26.8. The maximum atomic E-state index is 12.6. The van der Waals surface area contributed by atoms with Crippen LogP contribution < -0.4 is 5.32 Å². The number of amides is 2. The van der Waals surface area contributed by atoms with E-state index in [1.807, 2.05) is 51.1 Å². The molecule has 4 nitrogen and oxygen atoms in total. The van der Waals surface area contributed by atoms with Crippen LogP contribution in [0.15, 0.2) is 30.3 Å². The number of nitrogens with one attached hydrogen (secondary N) is 1. The number of carbonyl (C=O) groups excluding carboxylic acids is 2. The minimum absolute atomic E-state index is 0.0365. The molecular formula is C17H24N2O2. The van der Waals surface area contributed by atoms with Crippen molar-refractivity contribution in [1.29, 1.82) is 0 Å². The lowest BCUT2D eigenvalue weighted by atomic mass is 9.94. The van der Waals surface area contributed by atoms with Crippen molar-refractivity contribution in [2.75, 3.05) is 6.54 Å². The standard InChI is InChI=1S/C17H24N2O2/c1-4-10-19-14(11-13-8-6-5-7-9-13)16(20)18-15(12(2)3)17(19)21/h5-9,12,14-15H,4,10-11H2,1-3H3,(H,18,20). The molecule has 0 aliphatic carbocycles. The minimum Gasteiger partial charge on any atom is -0.342 e. The SMILES string of the molecule is CCCN1C(=O)C(C(C)C)NC(=O)C1Cc1ccccc1. The van der Waals surface area contributed by atoms with E-state index in [4.69, 9.17) is 0 Å². The molecule has 2 rings (SSSR count). The van der Waals surface area contributed by atoms with Crippen molar-refractivity contribution in [2.45, 2.75) is 45.7 Å². The Morgan fingerprint density at radius 3 is 2.43 bits per heavy atom. The van der Waals surface area contributed by atoms with E-state index in [1.54, 1.807) is 4.90 Å². The van der Waals surface area contributed by atoms with Gasteiger partial charge in [0, 0.05) is 13.0 Å². The van der Waals surface area contributed by atoms with E-state index in [9.17, 15) is 9.59 Å². The summed E-state index contributed by atoms with van der Waals surface area (Å²) in [5.74, 6) is 0.122. The molecule has 1 aromatic rings. The van der Waals surface area contributed by atoms with Crippen LogP contribution in [0.2, 0.25) is 0 Å². The van der Waals surface area contributed by atoms with Crippen molar-refractivity contribution in [3.05, 3.63) is 35.9 Å². The maximum absolute atomic E-state index is 12.6. The van der Waals surface area contributed by atoms with Gasteiger partial charge in [-0.05, 0) is 17.9 Å². The molecule has 1 aliphatic heterocycles. The van der Waals surface area contributed by atoms with Crippen molar-refractivity contribution < 1.29 is 9.59 Å². The van der Waals surface area contributed by atoms with Gasteiger partial charge in [0.05, 0.1) is 0 Å². The van der Waals surface area contributed by atoms with Crippen molar-refractivity contribution in [2.24, 2.45) is 5.92 Å². The second-order valence-corrected chi connectivity index (χ2v) is 5.97. The van der Waals surface area contributed by atoms with Crippen LogP contribution in [-0.2, 0) is 16.0 Å². The highest BCUT2D eigenvalue weighted by molar-refractivity contribution is 5.97. The Balaban J connectivity index is 2.22. The van der Waals surface area contributed by atoms with Crippen LogP contribution >= 0.6 is 0 Å². The van der Waals surface area contributed by atoms with Gasteiger partial charge < -0.3 is 10.2 Å². The number of rotatable bonds is 5. The highest BCUT2D eigenvalue weighted by atomic mass is 16.2. The summed E-state index contributed by atoms with van der Waals surface area (Å²) in [6.07, 6.45) is 1.43. The Kier molecular flexibility index (Phi) is 4.99. The highest BCUT2D eigenvalue weighted by Crippen LogP contribution is 2.19. The van der Waals surface area contributed by atoms with Crippen LogP contribution in [0.4, 0.5) is 0 Å². The summed E-state index contributed by atoms with van der Waals surface area (Å²) in [5.41, 5.74) is 1.08. The van der Waals surface area contributed by atoms with Gasteiger partial charge >= 0.3 is 0 Å². The second-order valence-electron chi connectivity index (χ2n) is 5.97. The molecule has 1 heterocycles. The summed E-state index contributed by atoms with van der Waals surface area (Å²) in [6, 6.07) is 9.07. The number of hydrogen-bond acceptors (Lipinski definition) is 2. The normalized spacial score (nSPS) is 22.6. The Morgan fingerprint density at radius 1 is 1.19 bits per heavy atom. The van der Waals surface area contributed by atoms with Gasteiger partial charge in [-0.1, -0.05) is 51.1 Å². The zero-order chi connectivity index (χ0) is 15.4. The van der Waals surface area contributed by atoms with E-state index >= 15 is 0 Å². The number of piperazine rings is 1. The number of hydrogen-bond donors (Lipinski definition) is 1. The first-order valence-electron chi connectivity index (χ1n) is 7.69. The third-order valence-electron chi connectivity index (χ3n) is 3.93. The lowest BCUT2D eigenvalue weighted by molar-refractivity contribution is -0.150. The Morgan fingerprint density at radius 2 is 1.86 bits per heavy atom. The topological polar surface area (TPSA) is 49.4 Å². The van der Waals surface area contributed by atoms with Crippen LogP contribution in [0, 0.1) is 5.92 Å². The van der Waals surface area contributed by atoms with E-state index < -0.39 is 12.1 Å². The smallest absolute Gasteiger partial charge is 0.246 e. The highest BCUT2D eigenvalue weighted by Gasteiger charge is 2.40. The van der Waals surface area contributed by atoms with Crippen molar-refractivity contribution in [3.8, 4) is 0 Å². The van der Waals surface area contributed by atoms with E-state index in [0.717, 1.165) is 12.0 Å². The third kappa shape index (κ3) is 3.43. The monoisotopic (exact) mass is 288 g/mol. The van der Waals surface area contributed by atoms with Gasteiger partial charge in [-0.15, -0.1) is 0 Å². The van der Waals surface area contributed by atoms with E-state index in [-0.39, 0.29) is 17.7 Å².